The van der Waals surface area contributed by atoms with Crippen molar-refractivity contribution in [3.8, 4) is 0 Å². The molecule has 0 unspecified atom stereocenters. The van der Waals surface area contributed by atoms with Crippen LogP contribution in [0.4, 0.5) is 0 Å². The van der Waals surface area contributed by atoms with Crippen molar-refractivity contribution in [1.29, 1.82) is 0 Å². The second-order valence-electron chi connectivity index (χ2n) is 3.66. The molecule has 1 N–H and O–H groups in total. The first-order chi connectivity index (χ1) is 8.66. The first kappa shape index (κ1) is 12.7. The topological polar surface area (TPSA) is 93.3 Å². The highest BCUT2D eigenvalue weighted by Gasteiger charge is 2.26. The third-order valence-corrected chi connectivity index (χ3v) is 4.11. The largest absolute Gasteiger partial charge is 0.396 e. The summed E-state index contributed by atoms with van der Waals surface area (Å²) in [5, 5.41) is 15.6. The van der Waals surface area contributed by atoms with Crippen molar-refractivity contribution in [2.75, 3.05) is 6.61 Å². The Morgan fingerprint density at radius 3 is 2.56 bits per heavy atom. The Labute approximate surface area is 104 Å². The Hall–Kier alpha value is -1.73. The number of nitrogens with zero attached hydrogens (tertiary/aromatic N) is 2. The Bertz CT molecular complexity index is 607. The summed E-state index contributed by atoms with van der Waals surface area (Å²) in [4.78, 5) is 0.144. The van der Waals surface area contributed by atoms with Gasteiger partial charge >= 0.3 is 0 Å². The predicted octanol–water partition coefficient (Wildman–Crippen LogP) is 0.827. The summed E-state index contributed by atoms with van der Waals surface area (Å²) >= 11 is 0. The molecule has 0 aliphatic rings. The fraction of sp³-hybridized carbons (Fsp3) is 0.273. The quantitative estimate of drug-likeness (QED) is 0.863. The summed E-state index contributed by atoms with van der Waals surface area (Å²) < 4.78 is 29.0. The van der Waals surface area contributed by atoms with Gasteiger partial charge in [0.25, 0.3) is 0 Å². The molecule has 0 fully saturated rings. The predicted molar refractivity (Wildman–Crippen MR) is 61.6 cm³/mol. The Morgan fingerprint density at radius 2 is 1.89 bits per heavy atom. The van der Waals surface area contributed by atoms with Crippen LogP contribution < -0.4 is 0 Å². The lowest BCUT2D eigenvalue weighted by Crippen LogP contribution is -2.06. The molecule has 1 aromatic heterocycles. The number of rotatable bonds is 5. The van der Waals surface area contributed by atoms with Gasteiger partial charge < -0.3 is 5.11 Å². The summed E-state index contributed by atoms with van der Waals surface area (Å²) in [5.41, 5.74) is 0.243. The van der Waals surface area contributed by atoms with E-state index in [0.29, 0.717) is 12.8 Å². The van der Waals surface area contributed by atoms with E-state index in [1.54, 1.807) is 18.2 Å². The maximum Gasteiger partial charge on any atom is 0.229 e. The molecule has 96 valence electrons. The molecule has 0 saturated heterocycles. The summed E-state index contributed by atoms with van der Waals surface area (Å²) in [7, 11) is -3.71. The number of hydrogen-bond acceptors (Lipinski definition) is 6. The van der Waals surface area contributed by atoms with Gasteiger partial charge in [0, 0.05) is 6.61 Å². The molecule has 0 spiro atoms. The van der Waals surface area contributed by atoms with Crippen molar-refractivity contribution in [1.82, 2.24) is 10.3 Å². The molecule has 0 saturated carbocycles. The van der Waals surface area contributed by atoms with Crippen LogP contribution in [0.15, 0.2) is 44.9 Å². The maximum atomic E-state index is 12.3. The Kier molecular flexibility index (Phi) is 3.73. The number of hydrogen-bond donors (Lipinski definition) is 1. The average Bonchev–Trinajstić information content (AvgIpc) is 2.86. The zero-order valence-corrected chi connectivity index (χ0v) is 10.3. The van der Waals surface area contributed by atoms with Crippen LogP contribution >= 0.6 is 0 Å². The molecule has 0 amide bonds. The minimum absolute atomic E-state index is 0.0440. The van der Waals surface area contributed by atoms with Crippen molar-refractivity contribution < 1.29 is 18.2 Å². The molecule has 18 heavy (non-hydrogen) atoms. The molecule has 2 aromatic rings. The second kappa shape index (κ2) is 5.28. The summed E-state index contributed by atoms with van der Waals surface area (Å²) in [6.45, 7) is -0.0440. The summed E-state index contributed by atoms with van der Waals surface area (Å²) in [6, 6.07) is 7.97. The van der Waals surface area contributed by atoms with Gasteiger partial charge in [0.15, 0.2) is 0 Å². The number of aromatic nitrogens is 2. The van der Waals surface area contributed by atoms with Crippen molar-refractivity contribution in [3.63, 3.8) is 0 Å². The van der Waals surface area contributed by atoms with Crippen molar-refractivity contribution in [2.45, 2.75) is 22.8 Å². The van der Waals surface area contributed by atoms with Gasteiger partial charge in [0.05, 0.1) is 4.90 Å². The Morgan fingerprint density at radius 1 is 1.17 bits per heavy atom. The van der Waals surface area contributed by atoms with Gasteiger partial charge in [-0.2, -0.15) is 0 Å². The normalized spacial score (nSPS) is 11.6. The van der Waals surface area contributed by atoms with E-state index in [1.165, 1.54) is 12.1 Å². The van der Waals surface area contributed by atoms with E-state index in [9.17, 15) is 8.42 Å². The molecule has 7 heteroatoms. The van der Waals surface area contributed by atoms with Gasteiger partial charge in [-0.1, -0.05) is 23.4 Å². The van der Waals surface area contributed by atoms with E-state index in [0.717, 1.165) is 0 Å². The highest BCUT2D eigenvalue weighted by Crippen LogP contribution is 2.21. The number of benzene rings is 1. The molecule has 0 atom stereocenters. The van der Waals surface area contributed by atoms with Gasteiger partial charge in [-0.25, -0.2) is 13.0 Å². The number of aliphatic hydroxyl groups excluding tert-OH is 1. The Balaban J connectivity index is 2.40. The highest BCUT2D eigenvalue weighted by molar-refractivity contribution is 7.91. The number of aliphatic hydroxyl groups is 1. The minimum atomic E-state index is -3.71. The zero-order chi connectivity index (χ0) is 13.0. The van der Waals surface area contributed by atoms with E-state index in [2.05, 4.69) is 14.9 Å². The second-order valence-corrected chi connectivity index (χ2v) is 5.52. The van der Waals surface area contributed by atoms with Crippen molar-refractivity contribution in [3.05, 3.63) is 36.0 Å². The molecular formula is C11H12N2O4S. The molecule has 0 aliphatic heterocycles. The molecule has 0 radical (unpaired) electrons. The van der Waals surface area contributed by atoms with Crippen LogP contribution in [0.5, 0.6) is 0 Å². The van der Waals surface area contributed by atoms with Crippen LogP contribution in [0.25, 0.3) is 0 Å². The molecule has 1 aromatic carbocycles. The van der Waals surface area contributed by atoms with Crippen molar-refractivity contribution >= 4 is 9.84 Å². The van der Waals surface area contributed by atoms with E-state index < -0.39 is 9.84 Å². The van der Waals surface area contributed by atoms with E-state index in [1.807, 2.05) is 0 Å². The molecular weight excluding hydrogens is 256 g/mol. The average molecular weight is 268 g/mol. The molecule has 1 heterocycles. The standard InChI is InChI=1S/C11H12N2O4S/c14-8-4-7-10-11(13-17-12-10)18(15,16)9-5-2-1-3-6-9/h1-3,5-6,14H,4,7-8H2. The third-order valence-electron chi connectivity index (χ3n) is 2.40. The lowest BCUT2D eigenvalue weighted by molar-refractivity contribution is 0.281. The maximum absolute atomic E-state index is 12.3. The van der Waals surface area contributed by atoms with Gasteiger partial charge in [-0.3, -0.25) is 0 Å². The van der Waals surface area contributed by atoms with Crippen LogP contribution in [0, 0.1) is 0 Å². The van der Waals surface area contributed by atoms with E-state index in [-0.39, 0.29) is 22.2 Å². The molecule has 6 nitrogen and oxygen atoms in total. The van der Waals surface area contributed by atoms with Crippen LogP contribution in [0.3, 0.4) is 0 Å². The van der Waals surface area contributed by atoms with Gasteiger partial charge in [-0.05, 0) is 30.1 Å². The van der Waals surface area contributed by atoms with Crippen molar-refractivity contribution in [2.24, 2.45) is 0 Å². The molecule has 0 aliphatic carbocycles. The summed E-state index contributed by atoms with van der Waals surface area (Å²) in [6.07, 6.45) is 0.715. The van der Waals surface area contributed by atoms with Crippen LogP contribution in [-0.4, -0.2) is 30.4 Å². The SMILES string of the molecule is O=S(=O)(c1ccccc1)c1nonc1CCCO. The van der Waals surface area contributed by atoms with Gasteiger partial charge in [-0.15, -0.1) is 0 Å². The fourth-order valence-corrected chi connectivity index (χ4v) is 2.83. The first-order valence-corrected chi connectivity index (χ1v) is 6.87. The number of sulfone groups is 1. The van der Waals surface area contributed by atoms with E-state index >= 15 is 0 Å². The lowest BCUT2D eigenvalue weighted by Gasteiger charge is -2.01. The molecule has 0 bridgehead atoms. The van der Waals surface area contributed by atoms with Crippen LogP contribution in [0.1, 0.15) is 12.1 Å². The lowest BCUT2D eigenvalue weighted by atomic mass is 10.3. The summed E-state index contributed by atoms with van der Waals surface area (Å²) in [5.74, 6) is 0. The highest BCUT2D eigenvalue weighted by atomic mass is 32.2. The monoisotopic (exact) mass is 268 g/mol. The molecule has 2 rings (SSSR count). The van der Waals surface area contributed by atoms with E-state index in [4.69, 9.17) is 5.11 Å². The van der Waals surface area contributed by atoms with Crippen LogP contribution in [-0.2, 0) is 16.3 Å². The zero-order valence-electron chi connectivity index (χ0n) is 9.48. The smallest absolute Gasteiger partial charge is 0.229 e. The number of aryl methyl sites for hydroxylation is 1. The van der Waals surface area contributed by atoms with Crippen LogP contribution in [0.2, 0.25) is 0 Å². The van der Waals surface area contributed by atoms with Gasteiger partial charge in [0.2, 0.25) is 14.9 Å². The fourth-order valence-electron chi connectivity index (χ4n) is 1.51. The minimum Gasteiger partial charge on any atom is -0.396 e. The van der Waals surface area contributed by atoms with Gasteiger partial charge in [0.1, 0.15) is 5.69 Å². The third kappa shape index (κ3) is 2.41. The first-order valence-electron chi connectivity index (χ1n) is 5.38.